The molecule has 2 heterocycles. The standard InChI is InChI=1S/C34H40N2O6/c1-37-30-12-7-4-9-25(30)22-40-17-8-18-41-33-14-13-24(20-36-33)27-15-16-35-21-32(27)42-23-26-19-31(38-2)28-10-5-6-11-29(28)34(26)39-3/h4-7,9-14,19-20,27,32,35H,8,15-18,21-23H2,1-3H3/t27-,32+/m0/s1. The van der Waals surface area contributed by atoms with Crippen LogP contribution in [0.4, 0.5) is 0 Å². The van der Waals surface area contributed by atoms with Gasteiger partial charge in [0, 0.05) is 53.0 Å². The van der Waals surface area contributed by atoms with E-state index in [2.05, 4.69) is 22.4 Å². The maximum atomic E-state index is 6.53. The van der Waals surface area contributed by atoms with Gasteiger partial charge >= 0.3 is 0 Å². The molecule has 4 aromatic rings. The molecule has 0 aliphatic carbocycles. The first-order chi connectivity index (χ1) is 20.7. The lowest BCUT2D eigenvalue weighted by molar-refractivity contribution is 0.00975. The van der Waals surface area contributed by atoms with Crippen LogP contribution in [0.5, 0.6) is 23.1 Å². The molecular formula is C34H40N2O6. The fourth-order valence-electron chi connectivity index (χ4n) is 5.51. The van der Waals surface area contributed by atoms with Crippen LogP contribution in [0.1, 0.15) is 35.4 Å². The van der Waals surface area contributed by atoms with Crippen molar-refractivity contribution in [2.45, 2.75) is 38.1 Å². The third-order valence-corrected chi connectivity index (χ3v) is 7.66. The summed E-state index contributed by atoms with van der Waals surface area (Å²) in [4.78, 5) is 4.59. The van der Waals surface area contributed by atoms with Gasteiger partial charge in [0.1, 0.15) is 17.2 Å². The molecule has 0 amide bonds. The van der Waals surface area contributed by atoms with Gasteiger partial charge in [-0.05, 0) is 30.7 Å². The lowest BCUT2D eigenvalue weighted by Crippen LogP contribution is -2.41. The third-order valence-electron chi connectivity index (χ3n) is 7.66. The number of fused-ring (bicyclic) bond motifs is 1. The predicted octanol–water partition coefficient (Wildman–Crippen LogP) is 5.91. The van der Waals surface area contributed by atoms with Crippen molar-refractivity contribution >= 4 is 10.8 Å². The zero-order chi connectivity index (χ0) is 29.1. The smallest absolute Gasteiger partial charge is 0.213 e. The highest BCUT2D eigenvalue weighted by Gasteiger charge is 2.28. The molecule has 222 valence electrons. The van der Waals surface area contributed by atoms with Crippen LogP contribution in [0.25, 0.3) is 10.8 Å². The molecule has 8 heteroatoms. The fourth-order valence-corrected chi connectivity index (χ4v) is 5.51. The van der Waals surface area contributed by atoms with Crippen molar-refractivity contribution in [1.29, 1.82) is 0 Å². The Hall–Kier alpha value is -3.85. The average molecular weight is 573 g/mol. The summed E-state index contributed by atoms with van der Waals surface area (Å²) in [5.74, 6) is 3.31. The molecule has 2 atom stereocenters. The van der Waals surface area contributed by atoms with Crippen molar-refractivity contribution in [3.8, 4) is 23.1 Å². The van der Waals surface area contributed by atoms with Gasteiger partial charge in [-0.25, -0.2) is 4.98 Å². The summed E-state index contributed by atoms with van der Waals surface area (Å²) in [5, 5.41) is 5.51. The summed E-state index contributed by atoms with van der Waals surface area (Å²) in [6.45, 7) is 3.76. The number of hydrogen-bond donors (Lipinski definition) is 1. The van der Waals surface area contributed by atoms with Gasteiger partial charge in [0.25, 0.3) is 0 Å². The minimum atomic E-state index is -0.00474. The Balaban J connectivity index is 1.14. The van der Waals surface area contributed by atoms with Gasteiger partial charge in [0.2, 0.25) is 5.88 Å². The number of pyridine rings is 1. The molecule has 1 aliphatic rings. The van der Waals surface area contributed by atoms with E-state index in [-0.39, 0.29) is 12.0 Å². The van der Waals surface area contributed by atoms with Crippen molar-refractivity contribution in [1.82, 2.24) is 10.3 Å². The van der Waals surface area contributed by atoms with Gasteiger partial charge < -0.3 is 33.7 Å². The molecule has 3 aromatic carbocycles. The van der Waals surface area contributed by atoms with Gasteiger partial charge in [-0.1, -0.05) is 48.5 Å². The highest BCUT2D eigenvalue weighted by Crippen LogP contribution is 2.38. The lowest BCUT2D eigenvalue weighted by atomic mass is 9.88. The lowest BCUT2D eigenvalue weighted by Gasteiger charge is -2.32. The van der Waals surface area contributed by atoms with E-state index in [1.54, 1.807) is 21.3 Å². The Morgan fingerprint density at radius 3 is 2.40 bits per heavy atom. The van der Waals surface area contributed by atoms with Crippen molar-refractivity contribution in [2.24, 2.45) is 0 Å². The number of nitrogens with zero attached hydrogens (tertiary/aromatic N) is 1. The second kappa shape index (κ2) is 14.9. The highest BCUT2D eigenvalue weighted by atomic mass is 16.5. The van der Waals surface area contributed by atoms with Crippen molar-refractivity contribution in [2.75, 3.05) is 47.6 Å². The number of ether oxygens (including phenoxy) is 6. The number of aromatic nitrogens is 1. The number of methoxy groups -OCH3 is 3. The first-order valence-electron chi connectivity index (χ1n) is 14.4. The van der Waals surface area contributed by atoms with E-state index in [4.69, 9.17) is 28.4 Å². The number of hydrogen-bond acceptors (Lipinski definition) is 8. The van der Waals surface area contributed by atoms with Crippen LogP contribution in [-0.4, -0.2) is 58.7 Å². The van der Waals surface area contributed by atoms with Crippen LogP contribution in [0, 0.1) is 0 Å². The number of benzene rings is 3. The Bertz CT molecular complexity index is 1430. The van der Waals surface area contributed by atoms with Gasteiger partial charge in [-0.15, -0.1) is 0 Å². The zero-order valence-corrected chi connectivity index (χ0v) is 24.6. The van der Waals surface area contributed by atoms with Gasteiger partial charge in [0.05, 0.1) is 53.9 Å². The second-order valence-electron chi connectivity index (χ2n) is 10.3. The van der Waals surface area contributed by atoms with Gasteiger partial charge in [0.15, 0.2) is 0 Å². The van der Waals surface area contributed by atoms with E-state index in [0.717, 1.165) is 70.6 Å². The topological polar surface area (TPSA) is 80.3 Å². The normalized spacial score (nSPS) is 16.7. The van der Waals surface area contributed by atoms with Crippen LogP contribution < -0.4 is 24.3 Å². The summed E-state index contributed by atoms with van der Waals surface area (Å²) in [5.41, 5.74) is 3.15. The molecule has 5 rings (SSSR count). The summed E-state index contributed by atoms with van der Waals surface area (Å²) >= 11 is 0. The van der Waals surface area contributed by atoms with Crippen molar-refractivity contribution in [3.05, 3.63) is 89.6 Å². The van der Waals surface area contributed by atoms with Gasteiger partial charge in [-0.2, -0.15) is 0 Å². The number of nitrogens with one attached hydrogen (secondary N) is 1. The summed E-state index contributed by atoms with van der Waals surface area (Å²) in [7, 11) is 5.06. The molecule has 1 aromatic heterocycles. The Labute approximate surface area is 247 Å². The average Bonchev–Trinajstić information content (AvgIpc) is 3.05. The summed E-state index contributed by atoms with van der Waals surface area (Å²) in [6.07, 6.45) is 3.65. The first-order valence-corrected chi connectivity index (χ1v) is 14.4. The number of piperidine rings is 1. The van der Waals surface area contributed by atoms with E-state index >= 15 is 0 Å². The Kier molecular flexibility index (Phi) is 10.5. The molecule has 0 saturated carbocycles. The maximum absolute atomic E-state index is 6.53. The van der Waals surface area contributed by atoms with E-state index in [1.807, 2.05) is 60.8 Å². The van der Waals surface area contributed by atoms with Gasteiger partial charge in [-0.3, -0.25) is 0 Å². The zero-order valence-electron chi connectivity index (χ0n) is 24.6. The van der Waals surface area contributed by atoms with Crippen LogP contribution >= 0.6 is 0 Å². The van der Waals surface area contributed by atoms with E-state index < -0.39 is 0 Å². The minimum Gasteiger partial charge on any atom is -0.496 e. The monoisotopic (exact) mass is 572 g/mol. The largest absolute Gasteiger partial charge is 0.496 e. The first kappa shape index (κ1) is 29.6. The molecule has 8 nitrogen and oxygen atoms in total. The molecule has 1 saturated heterocycles. The Morgan fingerprint density at radius 1 is 0.810 bits per heavy atom. The van der Waals surface area contributed by atoms with Crippen LogP contribution in [-0.2, 0) is 22.7 Å². The quantitative estimate of drug-likeness (QED) is 0.187. The van der Waals surface area contributed by atoms with E-state index in [0.29, 0.717) is 32.3 Å². The molecule has 0 spiro atoms. The SMILES string of the molecule is COc1ccccc1COCCCOc1ccc([C@@H]2CCNC[C@H]2OCc2cc(OC)c3ccccc3c2OC)cn1. The molecule has 42 heavy (non-hydrogen) atoms. The molecule has 1 N–H and O–H groups in total. The fraction of sp³-hybridized carbons (Fsp3) is 0.382. The van der Waals surface area contributed by atoms with E-state index in [1.165, 1.54) is 0 Å². The molecule has 0 radical (unpaired) electrons. The second-order valence-corrected chi connectivity index (χ2v) is 10.3. The molecule has 0 unspecified atom stereocenters. The molecule has 1 fully saturated rings. The van der Waals surface area contributed by atoms with Crippen molar-refractivity contribution < 1.29 is 28.4 Å². The van der Waals surface area contributed by atoms with Crippen molar-refractivity contribution in [3.63, 3.8) is 0 Å². The van der Waals surface area contributed by atoms with E-state index in [9.17, 15) is 0 Å². The van der Waals surface area contributed by atoms with Crippen LogP contribution in [0.15, 0.2) is 72.9 Å². The highest BCUT2D eigenvalue weighted by molar-refractivity contribution is 5.94. The number of para-hydroxylation sites is 1. The summed E-state index contributed by atoms with van der Waals surface area (Å²) < 4.78 is 35.1. The van der Waals surface area contributed by atoms with Crippen LogP contribution in [0.2, 0.25) is 0 Å². The minimum absolute atomic E-state index is 0.00474. The summed E-state index contributed by atoms with van der Waals surface area (Å²) in [6, 6.07) is 22.1. The Morgan fingerprint density at radius 2 is 1.62 bits per heavy atom. The molecule has 0 bridgehead atoms. The predicted molar refractivity (Wildman–Crippen MR) is 163 cm³/mol. The third kappa shape index (κ3) is 7.13. The molecule has 1 aliphatic heterocycles. The maximum Gasteiger partial charge on any atom is 0.213 e. The number of rotatable bonds is 14. The van der Waals surface area contributed by atoms with Crippen LogP contribution in [0.3, 0.4) is 0 Å². The molecular weight excluding hydrogens is 532 g/mol.